The van der Waals surface area contributed by atoms with Crippen molar-refractivity contribution in [2.45, 2.75) is 26.3 Å². The van der Waals surface area contributed by atoms with Crippen LogP contribution < -0.4 is 11.1 Å². The van der Waals surface area contributed by atoms with E-state index in [1.165, 1.54) is 23.0 Å². The quantitative estimate of drug-likeness (QED) is 0.589. The normalized spacial score (nSPS) is 13.0. The summed E-state index contributed by atoms with van der Waals surface area (Å²) in [7, 11) is 0. The fraction of sp³-hybridized carbons (Fsp3) is 0.400. The van der Waals surface area contributed by atoms with Crippen molar-refractivity contribution in [3.05, 3.63) is 46.3 Å². The minimum absolute atomic E-state index is 0. The zero-order valence-electron chi connectivity index (χ0n) is 14.2. The van der Waals surface area contributed by atoms with Crippen molar-refractivity contribution in [1.82, 2.24) is 20.3 Å². The average Bonchev–Trinajstić information content (AvgIpc) is 3.04. The number of nitro benzene ring substituents is 1. The highest BCUT2D eigenvalue weighted by Crippen LogP contribution is 2.17. The van der Waals surface area contributed by atoms with Crippen molar-refractivity contribution in [1.29, 1.82) is 0 Å². The Labute approximate surface area is 151 Å². The summed E-state index contributed by atoms with van der Waals surface area (Å²) in [4.78, 5) is 22.7. The Kier molecular flexibility index (Phi) is 6.60. The summed E-state index contributed by atoms with van der Waals surface area (Å²) in [6.45, 7) is 6.08. The third kappa shape index (κ3) is 4.52. The number of halogens is 1. The molecule has 0 saturated carbocycles. The summed E-state index contributed by atoms with van der Waals surface area (Å²) >= 11 is 0. The van der Waals surface area contributed by atoms with Gasteiger partial charge < -0.3 is 11.1 Å². The molecule has 2 aromatic rings. The van der Waals surface area contributed by atoms with Crippen molar-refractivity contribution in [3.63, 3.8) is 0 Å². The van der Waals surface area contributed by atoms with E-state index in [-0.39, 0.29) is 36.3 Å². The molecule has 0 spiro atoms. The van der Waals surface area contributed by atoms with Crippen LogP contribution in [0.25, 0.3) is 5.69 Å². The van der Waals surface area contributed by atoms with Crippen LogP contribution >= 0.6 is 12.4 Å². The van der Waals surface area contributed by atoms with Crippen LogP contribution in [0.15, 0.2) is 30.5 Å². The van der Waals surface area contributed by atoms with Crippen LogP contribution in [0.5, 0.6) is 0 Å². The van der Waals surface area contributed by atoms with Crippen molar-refractivity contribution >= 4 is 24.0 Å². The number of hydrogen-bond donors (Lipinski definition) is 2. The summed E-state index contributed by atoms with van der Waals surface area (Å²) in [5.74, 6) is -0.258. The number of non-ortho nitro benzene ring substituents is 1. The minimum Gasteiger partial charge on any atom is -0.344 e. The van der Waals surface area contributed by atoms with Gasteiger partial charge in [0.2, 0.25) is 0 Å². The molecule has 0 fully saturated rings. The van der Waals surface area contributed by atoms with E-state index >= 15 is 0 Å². The first-order chi connectivity index (χ1) is 11.3. The number of rotatable bonds is 6. The number of benzene rings is 1. The molecule has 136 valence electrons. The Hall–Kier alpha value is -2.52. The Morgan fingerprint density at radius 2 is 2.16 bits per heavy atom. The van der Waals surface area contributed by atoms with E-state index in [0.717, 1.165) is 0 Å². The van der Waals surface area contributed by atoms with Gasteiger partial charge in [-0.15, -0.1) is 17.5 Å². The zero-order valence-corrected chi connectivity index (χ0v) is 15.0. The second kappa shape index (κ2) is 8.04. The lowest BCUT2D eigenvalue weighted by molar-refractivity contribution is -0.384. The molecule has 0 aliphatic rings. The molecule has 2 rings (SSSR count). The molecule has 3 N–H and O–H groups in total. The predicted octanol–water partition coefficient (Wildman–Crippen LogP) is 1.70. The van der Waals surface area contributed by atoms with Crippen molar-refractivity contribution in [2.75, 3.05) is 6.54 Å². The van der Waals surface area contributed by atoms with Crippen LogP contribution in [0.1, 0.15) is 31.3 Å². The van der Waals surface area contributed by atoms with Crippen LogP contribution in [0.2, 0.25) is 0 Å². The van der Waals surface area contributed by atoms with E-state index in [1.807, 2.05) is 20.8 Å². The van der Waals surface area contributed by atoms with Crippen LogP contribution in [0.4, 0.5) is 5.69 Å². The van der Waals surface area contributed by atoms with Gasteiger partial charge >= 0.3 is 0 Å². The van der Waals surface area contributed by atoms with Gasteiger partial charge in [0.05, 0.1) is 22.3 Å². The third-order valence-electron chi connectivity index (χ3n) is 4.13. The second-order valence-electron chi connectivity index (χ2n) is 6.06. The summed E-state index contributed by atoms with van der Waals surface area (Å²) in [6.07, 6.45) is 1.42. The molecule has 9 nitrogen and oxygen atoms in total. The summed E-state index contributed by atoms with van der Waals surface area (Å²) < 4.78 is 1.32. The fourth-order valence-electron chi connectivity index (χ4n) is 2.00. The van der Waals surface area contributed by atoms with E-state index in [9.17, 15) is 14.9 Å². The number of nitrogens with one attached hydrogen (secondary N) is 1. The van der Waals surface area contributed by atoms with Crippen molar-refractivity contribution < 1.29 is 9.72 Å². The molecular formula is C15H21ClN6O3. The molecular weight excluding hydrogens is 348 g/mol. The van der Waals surface area contributed by atoms with E-state index in [4.69, 9.17) is 5.73 Å². The maximum Gasteiger partial charge on any atom is 0.273 e. The molecule has 1 aromatic heterocycles. The van der Waals surface area contributed by atoms with Crippen LogP contribution in [0.3, 0.4) is 0 Å². The molecule has 0 aliphatic carbocycles. The first-order valence-electron chi connectivity index (χ1n) is 7.46. The maximum absolute atomic E-state index is 12.4. The van der Waals surface area contributed by atoms with Crippen LogP contribution in [-0.2, 0) is 0 Å². The molecule has 1 unspecified atom stereocenters. The van der Waals surface area contributed by atoms with Gasteiger partial charge in [0, 0.05) is 18.7 Å². The van der Waals surface area contributed by atoms with Crippen molar-refractivity contribution in [2.24, 2.45) is 11.7 Å². The van der Waals surface area contributed by atoms with E-state index in [2.05, 4.69) is 15.6 Å². The predicted molar refractivity (Wildman–Crippen MR) is 95.0 cm³/mol. The summed E-state index contributed by atoms with van der Waals surface area (Å²) in [5.41, 5.74) is 5.69. The number of nitro groups is 1. The molecule has 1 amide bonds. The number of carbonyl (C=O) groups is 1. The monoisotopic (exact) mass is 368 g/mol. The Balaban J connectivity index is 0.00000312. The Morgan fingerprint density at radius 3 is 2.72 bits per heavy atom. The molecule has 1 aromatic carbocycles. The van der Waals surface area contributed by atoms with Gasteiger partial charge in [0.1, 0.15) is 0 Å². The molecule has 0 aliphatic heterocycles. The number of amides is 1. The lowest BCUT2D eigenvalue weighted by atomic mass is 9.88. The van der Waals surface area contributed by atoms with Gasteiger partial charge in [-0.1, -0.05) is 25.1 Å². The minimum atomic E-state index is -0.563. The molecule has 1 heterocycles. The lowest BCUT2D eigenvalue weighted by Gasteiger charge is -2.33. The highest BCUT2D eigenvalue weighted by atomic mass is 35.5. The first kappa shape index (κ1) is 20.5. The SMILES string of the molecule is CC(C)C(C)(CN)NC(=O)c1cn(-c2cccc([N+](=O)[O-])c2)nn1.Cl. The van der Waals surface area contributed by atoms with Gasteiger partial charge in [0.15, 0.2) is 5.69 Å². The van der Waals surface area contributed by atoms with E-state index in [0.29, 0.717) is 5.69 Å². The van der Waals surface area contributed by atoms with E-state index in [1.54, 1.807) is 12.1 Å². The smallest absolute Gasteiger partial charge is 0.273 e. The Bertz CT molecular complexity index is 763. The highest BCUT2D eigenvalue weighted by molar-refractivity contribution is 5.92. The second-order valence-corrected chi connectivity index (χ2v) is 6.06. The number of carbonyl (C=O) groups excluding carboxylic acids is 1. The molecule has 25 heavy (non-hydrogen) atoms. The number of nitrogens with two attached hydrogens (primary N) is 1. The number of nitrogens with zero attached hydrogens (tertiary/aromatic N) is 4. The third-order valence-corrected chi connectivity index (χ3v) is 4.13. The highest BCUT2D eigenvalue weighted by Gasteiger charge is 2.29. The van der Waals surface area contributed by atoms with Gasteiger partial charge in [-0.3, -0.25) is 14.9 Å². The molecule has 0 bridgehead atoms. The fourth-order valence-corrected chi connectivity index (χ4v) is 2.00. The number of hydrogen-bond acceptors (Lipinski definition) is 6. The number of aromatic nitrogens is 3. The molecule has 0 saturated heterocycles. The maximum atomic E-state index is 12.4. The standard InChI is InChI=1S/C15H20N6O3.ClH/c1-10(2)15(3,9-16)17-14(22)13-8-20(19-18-13)11-5-4-6-12(7-11)21(23)24;/h4-8,10H,9,16H2,1-3H3,(H,17,22);1H. The van der Waals surface area contributed by atoms with Crippen LogP contribution in [-0.4, -0.2) is 37.9 Å². The molecule has 10 heteroatoms. The topological polar surface area (TPSA) is 129 Å². The lowest BCUT2D eigenvalue weighted by Crippen LogP contribution is -2.55. The molecule has 1 atom stereocenters. The first-order valence-corrected chi connectivity index (χ1v) is 7.46. The summed E-state index contributed by atoms with van der Waals surface area (Å²) in [5, 5.41) is 21.4. The van der Waals surface area contributed by atoms with E-state index < -0.39 is 16.4 Å². The largest absolute Gasteiger partial charge is 0.344 e. The van der Waals surface area contributed by atoms with Crippen molar-refractivity contribution in [3.8, 4) is 5.69 Å². The van der Waals surface area contributed by atoms with Gasteiger partial charge in [-0.2, -0.15) is 0 Å². The van der Waals surface area contributed by atoms with Gasteiger partial charge in [0.25, 0.3) is 11.6 Å². The zero-order chi connectivity index (χ0) is 17.9. The average molecular weight is 369 g/mol. The molecule has 0 radical (unpaired) electrons. The van der Waals surface area contributed by atoms with Gasteiger partial charge in [-0.25, -0.2) is 4.68 Å². The summed E-state index contributed by atoms with van der Waals surface area (Å²) in [6, 6.07) is 5.92. The Morgan fingerprint density at radius 1 is 1.48 bits per heavy atom. The van der Waals surface area contributed by atoms with Crippen LogP contribution in [0, 0.1) is 16.0 Å². The van der Waals surface area contributed by atoms with Gasteiger partial charge in [-0.05, 0) is 18.9 Å².